The number of fused-ring (bicyclic) bond motifs is 6. The van der Waals surface area contributed by atoms with Gasteiger partial charge in [-0.1, -0.05) is 42.8 Å². The lowest BCUT2D eigenvalue weighted by molar-refractivity contribution is 0.683. The van der Waals surface area contributed by atoms with Gasteiger partial charge in [0.1, 0.15) is 0 Å². The normalized spacial score (nSPS) is 14.5. The lowest BCUT2D eigenvalue weighted by Crippen LogP contribution is -2.12. The molecule has 34 heavy (non-hydrogen) atoms. The molecule has 1 aliphatic heterocycles. The molecule has 0 amide bonds. The highest BCUT2D eigenvalue weighted by atomic mass is 15.0. The van der Waals surface area contributed by atoms with Crippen LogP contribution in [0.1, 0.15) is 47.2 Å². The molecule has 0 radical (unpaired) electrons. The summed E-state index contributed by atoms with van der Waals surface area (Å²) in [5.41, 5.74) is 11.8. The third-order valence-electron chi connectivity index (χ3n) is 7.66. The van der Waals surface area contributed by atoms with Gasteiger partial charge in [0.2, 0.25) is 0 Å². The monoisotopic (exact) mass is 445 g/mol. The Morgan fingerprint density at radius 1 is 0.647 bits per heavy atom. The van der Waals surface area contributed by atoms with Crippen molar-refractivity contribution >= 4 is 21.8 Å². The Labute approximate surface area is 201 Å². The highest BCUT2D eigenvalue weighted by Crippen LogP contribution is 2.33. The van der Waals surface area contributed by atoms with Gasteiger partial charge in [-0.2, -0.15) is 0 Å². The van der Waals surface area contributed by atoms with E-state index in [4.69, 9.17) is 9.97 Å². The number of aromatic nitrogens is 3. The Morgan fingerprint density at radius 3 is 2.12 bits per heavy atom. The molecule has 170 valence electrons. The van der Waals surface area contributed by atoms with Crippen molar-refractivity contribution in [3.8, 4) is 11.4 Å². The third-order valence-corrected chi connectivity index (χ3v) is 7.66. The first-order valence-electron chi connectivity index (χ1n) is 12.6. The minimum absolute atomic E-state index is 1.07. The molecular formula is C31H31N3. The predicted molar refractivity (Wildman–Crippen MR) is 141 cm³/mol. The van der Waals surface area contributed by atoms with E-state index in [2.05, 4.69) is 85.3 Å². The van der Waals surface area contributed by atoms with E-state index in [9.17, 15) is 0 Å². The van der Waals surface area contributed by atoms with E-state index in [1.165, 1.54) is 87.7 Å². The molecule has 0 fully saturated rings. The van der Waals surface area contributed by atoms with Gasteiger partial charge in [-0.15, -0.1) is 0 Å². The molecule has 4 heterocycles. The molecule has 1 aliphatic carbocycles. The summed E-state index contributed by atoms with van der Waals surface area (Å²) in [6.45, 7) is 5.55. The summed E-state index contributed by atoms with van der Waals surface area (Å²) in [7, 11) is 0. The van der Waals surface area contributed by atoms with Crippen LogP contribution in [0.3, 0.4) is 0 Å². The molecular weight excluding hydrogens is 414 g/mol. The summed E-state index contributed by atoms with van der Waals surface area (Å²) in [5, 5.41) is 2.62. The third kappa shape index (κ3) is 3.60. The molecule has 0 spiro atoms. The Bertz CT molecular complexity index is 1510. The standard InChI is InChI=1S/C16H14N2.C15H17N/c1-11-12-5-2-3-6-14(12)17-16-13(11)8-10-18-9-4-7-15(16)18;1-11-12-7-3-2-4-9-14(12)16-15-10-6-5-8-13(11)15/h2-7,9H,8,10H2,1H3;5-6,8,10H,2-4,7,9H2,1H3. The molecule has 3 heteroatoms. The van der Waals surface area contributed by atoms with Crippen molar-refractivity contribution in [2.45, 2.75) is 58.9 Å². The fourth-order valence-electron chi connectivity index (χ4n) is 5.78. The van der Waals surface area contributed by atoms with E-state index >= 15 is 0 Å². The van der Waals surface area contributed by atoms with E-state index in [-0.39, 0.29) is 0 Å². The number of aryl methyl sites for hydroxylation is 4. The number of hydrogen-bond donors (Lipinski definition) is 0. The minimum Gasteiger partial charge on any atom is -0.346 e. The van der Waals surface area contributed by atoms with Crippen molar-refractivity contribution in [2.75, 3.05) is 0 Å². The van der Waals surface area contributed by atoms with Gasteiger partial charge in [0.15, 0.2) is 0 Å². The zero-order valence-corrected chi connectivity index (χ0v) is 20.1. The van der Waals surface area contributed by atoms with E-state index in [0.29, 0.717) is 0 Å². The first-order valence-corrected chi connectivity index (χ1v) is 12.6. The van der Waals surface area contributed by atoms with Crippen LogP contribution in [-0.4, -0.2) is 14.5 Å². The maximum Gasteiger partial charge on any atom is 0.0909 e. The molecule has 7 rings (SSSR count). The van der Waals surface area contributed by atoms with Gasteiger partial charge < -0.3 is 4.57 Å². The summed E-state index contributed by atoms with van der Waals surface area (Å²) in [6, 6.07) is 21.2. The molecule has 0 bridgehead atoms. The zero-order valence-electron chi connectivity index (χ0n) is 20.1. The molecule has 0 saturated heterocycles. The molecule has 2 aliphatic rings. The lowest BCUT2D eigenvalue weighted by atomic mass is 9.96. The summed E-state index contributed by atoms with van der Waals surface area (Å²) in [6.07, 6.45) is 9.60. The van der Waals surface area contributed by atoms with Crippen molar-refractivity contribution < 1.29 is 0 Å². The van der Waals surface area contributed by atoms with Crippen LogP contribution in [0.15, 0.2) is 66.9 Å². The summed E-state index contributed by atoms with van der Waals surface area (Å²) in [5.74, 6) is 0. The van der Waals surface area contributed by atoms with Crippen molar-refractivity contribution in [3.05, 3.63) is 94.8 Å². The first kappa shape index (κ1) is 21.1. The molecule has 3 aromatic heterocycles. The Balaban J connectivity index is 0.000000129. The molecule has 0 saturated carbocycles. The van der Waals surface area contributed by atoms with Crippen molar-refractivity contribution in [2.24, 2.45) is 0 Å². The van der Waals surface area contributed by atoms with Crippen LogP contribution in [0.25, 0.3) is 33.2 Å². The van der Waals surface area contributed by atoms with E-state index < -0.39 is 0 Å². The van der Waals surface area contributed by atoms with Gasteiger partial charge in [0.25, 0.3) is 0 Å². The fraction of sp³-hybridized carbons (Fsp3) is 0.290. The van der Waals surface area contributed by atoms with Gasteiger partial charge >= 0.3 is 0 Å². The SMILES string of the molecule is Cc1c2c(nc3ccccc13)-c1cccn1CC2.Cc1c2c(nc3ccccc13)CCCCC2. The van der Waals surface area contributed by atoms with Crippen LogP contribution in [-0.2, 0) is 25.8 Å². The average molecular weight is 446 g/mol. The van der Waals surface area contributed by atoms with Crippen molar-refractivity contribution in [3.63, 3.8) is 0 Å². The van der Waals surface area contributed by atoms with Crippen LogP contribution in [0, 0.1) is 13.8 Å². The summed E-state index contributed by atoms with van der Waals surface area (Å²) >= 11 is 0. The number of para-hydroxylation sites is 2. The minimum atomic E-state index is 1.07. The molecule has 0 unspecified atom stereocenters. The van der Waals surface area contributed by atoms with Crippen LogP contribution in [0.4, 0.5) is 0 Å². The quantitative estimate of drug-likeness (QED) is 0.233. The highest BCUT2D eigenvalue weighted by Gasteiger charge is 2.20. The Morgan fingerprint density at radius 2 is 1.32 bits per heavy atom. The molecule has 0 atom stereocenters. The number of pyridine rings is 2. The van der Waals surface area contributed by atoms with Gasteiger partial charge in [-0.05, 0) is 92.5 Å². The van der Waals surface area contributed by atoms with Crippen molar-refractivity contribution in [1.82, 2.24) is 14.5 Å². The Kier molecular flexibility index (Phi) is 5.41. The topological polar surface area (TPSA) is 30.7 Å². The second-order valence-corrected chi connectivity index (χ2v) is 9.66. The lowest BCUT2D eigenvalue weighted by Gasteiger charge is -2.21. The van der Waals surface area contributed by atoms with Crippen LogP contribution < -0.4 is 0 Å². The Hall–Kier alpha value is -3.46. The van der Waals surface area contributed by atoms with E-state index in [1.54, 1.807) is 0 Å². The first-order chi connectivity index (χ1) is 16.7. The zero-order chi connectivity index (χ0) is 23.1. The van der Waals surface area contributed by atoms with Crippen LogP contribution in [0.2, 0.25) is 0 Å². The van der Waals surface area contributed by atoms with Gasteiger partial charge in [-0.25, -0.2) is 4.98 Å². The average Bonchev–Trinajstić information content (AvgIpc) is 3.23. The fourth-order valence-corrected chi connectivity index (χ4v) is 5.78. The maximum absolute atomic E-state index is 4.87. The molecule has 3 nitrogen and oxygen atoms in total. The summed E-state index contributed by atoms with van der Waals surface area (Å²) in [4.78, 5) is 9.71. The van der Waals surface area contributed by atoms with Crippen molar-refractivity contribution in [1.29, 1.82) is 0 Å². The largest absolute Gasteiger partial charge is 0.346 e. The molecule has 0 N–H and O–H groups in total. The number of hydrogen-bond acceptors (Lipinski definition) is 2. The highest BCUT2D eigenvalue weighted by molar-refractivity contribution is 5.87. The number of rotatable bonds is 0. The number of nitrogens with zero attached hydrogens (tertiary/aromatic N) is 3. The van der Waals surface area contributed by atoms with E-state index in [1.807, 2.05) is 0 Å². The van der Waals surface area contributed by atoms with Crippen LogP contribution in [0.5, 0.6) is 0 Å². The smallest absolute Gasteiger partial charge is 0.0909 e. The number of benzene rings is 2. The van der Waals surface area contributed by atoms with Gasteiger partial charge in [0.05, 0.1) is 22.4 Å². The van der Waals surface area contributed by atoms with Gasteiger partial charge in [-0.3, -0.25) is 4.98 Å². The second-order valence-electron chi connectivity index (χ2n) is 9.66. The maximum atomic E-state index is 4.87. The predicted octanol–water partition coefficient (Wildman–Crippen LogP) is 7.38. The second kappa shape index (κ2) is 8.72. The van der Waals surface area contributed by atoms with Crippen LogP contribution >= 0.6 is 0 Å². The van der Waals surface area contributed by atoms with Gasteiger partial charge in [0, 0.05) is 29.2 Å². The molecule has 5 aromatic rings. The molecule has 2 aromatic carbocycles. The van der Waals surface area contributed by atoms with E-state index in [0.717, 1.165) is 18.5 Å². The summed E-state index contributed by atoms with van der Waals surface area (Å²) < 4.78 is 2.30.